The van der Waals surface area contributed by atoms with Crippen LogP contribution >= 0.6 is 0 Å². The van der Waals surface area contributed by atoms with Crippen molar-refractivity contribution in [2.45, 2.75) is 84.8 Å². The molecule has 5 nitrogen and oxygen atoms in total. The fourth-order valence-corrected chi connectivity index (χ4v) is 3.16. The maximum atomic E-state index is 12.2. The van der Waals surface area contributed by atoms with E-state index in [2.05, 4.69) is 0 Å². The van der Waals surface area contributed by atoms with Gasteiger partial charge in [-0.2, -0.15) is 0 Å². The van der Waals surface area contributed by atoms with Gasteiger partial charge in [0.25, 0.3) is 0 Å². The summed E-state index contributed by atoms with van der Waals surface area (Å²) in [5.74, 6) is -0.0230. The molecule has 1 aliphatic heterocycles. The Morgan fingerprint density at radius 1 is 1.37 bits per heavy atom. The lowest BCUT2D eigenvalue weighted by Gasteiger charge is -2.33. The molecule has 1 heterocycles. The number of hydrogen-bond acceptors (Lipinski definition) is 5. The number of aliphatic hydroxyl groups excluding tert-OH is 1. The highest BCUT2D eigenvalue weighted by Gasteiger charge is 2.36. The molecule has 3 atom stereocenters. The van der Waals surface area contributed by atoms with Crippen LogP contribution < -0.4 is 0 Å². The molecule has 0 aromatic rings. The number of ether oxygens (including phenoxy) is 2. The summed E-state index contributed by atoms with van der Waals surface area (Å²) in [5.41, 5.74) is 1.60. The van der Waals surface area contributed by atoms with Gasteiger partial charge in [-0.25, -0.2) is 0 Å². The Labute approximate surface area is 163 Å². The molecule has 0 radical (unpaired) electrons. The van der Waals surface area contributed by atoms with Gasteiger partial charge in [0, 0.05) is 19.3 Å². The molecule has 0 aromatic carbocycles. The summed E-state index contributed by atoms with van der Waals surface area (Å²) in [6.45, 7) is 9.98. The molecular weight excluding hydrogens is 344 g/mol. The molecule has 1 N–H and O–H groups in total. The highest BCUT2D eigenvalue weighted by atomic mass is 16.5. The van der Waals surface area contributed by atoms with E-state index in [1.165, 1.54) is 6.92 Å². The molecule has 0 bridgehead atoms. The van der Waals surface area contributed by atoms with E-state index in [0.717, 1.165) is 30.4 Å². The van der Waals surface area contributed by atoms with Gasteiger partial charge in [-0.15, -0.1) is 0 Å². The van der Waals surface area contributed by atoms with Gasteiger partial charge in [-0.05, 0) is 64.5 Å². The van der Waals surface area contributed by atoms with Gasteiger partial charge < -0.3 is 14.6 Å². The topological polar surface area (TPSA) is 72.8 Å². The van der Waals surface area contributed by atoms with Gasteiger partial charge in [0.15, 0.2) is 0 Å². The van der Waals surface area contributed by atoms with Crippen LogP contribution in [0, 0.1) is 5.92 Å². The first-order valence-electron chi connectivity index (χ1n) is 9.93. The number of aliphatic hydroxyl groups is 1. The van der Waals surface area contributed by atoms with E-state index in [9.17, 15) is 14.7 Å². The Hall–Kier alpha value is -1.46. The third-order valence-corrected chi connectivity index (χ3v) is 5.26. The predicted molar refractivity (Wildman–Crippen MR) is 106 cm³/mol. The zero-order valence-corrected chi connectivity index (χ0v) is 17.5. The first kappa shape index (κ1) is 23.6. The Bertz CT molecular complexity index is 559. The van der Waals surface area contributed by atoms with Crippen LogP contribution in [0.2, 0.25) is 0 Å². The highest BCUT2D eigenvalue weighted by molar-refractivity contribution is 5.82. The van der Waals surface area contributed by atoms with Crippen molar-refractivity contribution in [1.29, 1.82) is 0 Å². The van der Waals surface area contributed by atoms with Crippen LogP contribution in [0.1, 0.15) is 73.1 Å². The molecule has 5 heteroatoms. The highest BCUT2D eigenvalue weighted by Crippen LogP contribution is 2.31. The van der Waals surface area contributed by atoms with Gasteiger partial charge in [-0.1, -0.05) is 18.6 Å². The molecule has 1 aliphatic rings. The largest absolute Gasteiger partial charge is 0.462 e. The van der Waals surface area contributed by atoms with Crippen molar-refractivity contribution in [1.82, 2.24) is 0 Å². The first-order valence-corrected chi connectivity index (χ1v) is 9.93. The van der Waals surface area contributed by atoms with E-state index >= 15 is 0 Å². The minimum atomic E-state index is -0.611. The van der Waals surface area contributed by atoms with E-state index in [0.29, 0.717) is 25.9 Å². The van der Waals surface area contributed by atoms with E-state index in [1.807, 2.05) is 39.8 Å². The third-order valence-electron chi connectivity index (χ3n) is 5.26. The lowest BCUT2D eigenvalue weighted by atomic mass is 9.87. The maximum absolute atomic E-state index is 12.2. The molecule has 0 amide bonds. The molecule has 1 fully saturated rings. The summed E-state index contributed by atoms with van der Waals surface area (Å²) < 4.78 is 11.0. The van der Waals surface area contributed by atoms with Gasteiger partial charge in [-0.3, -0.25) is 9.59 Å². The third kappa shape index (κ3) is 8.85. The fraction of sp³-hybridized carbons (Fsp3) is 0.727. The van der Waals surface area contributed by atoms with Crippen molar-refractivity contribution in [3.63, 3.8) is 0 Å². The first-order chi connectivity index (χ1) is 12.6. The van der Waals surface area contributed by atoms with Crippen LogP contribution in [0.3, 0.4) is 0 Å². The van der Waals surface area contributed by atoms with Crippen molar-refractivity contribution in [2.24, 2.45) is 5.92 Å². The number of Topliss-reactive ketones (excluding diaryl/α,β-unsaturated/α-hetero) is 1. The average molecular weight is 381 g/mol. The molecule has 0 aliphatic carbocycles. The Balaban J connectivity index is 2.50. The Morgan fingerprint density at radius 3 is 2.70 bits per heavy atom. The van der Waals surface area contributed by atoms with Gasteiger partial charge in [0.2, 0.25) is 0 Å². The zero-order chi connectivity index (χ0) is 20.4. The van der Waals surface area contributed by atoms with Gasteiger partial charge in [0.1, 0.15) is 12.4 Å². The Kier molecular flexibility index (Phi) is 9.95. The second-order valence-corrected chi connectivity index (χ2v) is 8.07. The maximum Gasteiger partial charge on any atom is 0.302 e. The average Bonchev–Trinajstić information content (AvgIpc) is 2.73. The molecule has 1 rings (SSSR count). The fourth-order valence-electron chi connectivity index (χ4n) is 3.16. The van der Waals surface area contributed by atoms with Gasteiger partial charge in [0.05, 0.1) is 18.3 Å². The molecule has 2 unspecified atom stereocenters. The SMILES string of the molecule is CC(=O)OCC=C1CC[C@@H](O)C(C)(CCCC(C)C(=O)CC=C(C)C)OC1. The predicted octanol–water partition coefficient (Wildman–Crippen LogP) is 4.14. The van der Waals surface area contributed by atoms with E-state index < -0.39 is 11.7 Å². The minimum Gasteiger partial charge on any atom is -0.462 e. The smallest absolute Gasteiger partial charge is 0.302 e. The second kappa shape index (κ2) is 11.4. The van der Waals surface area contributed by atoms with Crippen LogP contribution in [0.15, 0.2) is 23.3 Å². The number of hydrogen-bond donors (Lipinski definition) is 1. The normalized spacial score (nSPS) is 25.6. The van der Waals surface area contributed by atoms with Crippen LogP contribution in [0.25, 0.3) is 0 Å². The quantitative estimate of drug-likeness (QED) is 0.481. The van der Waals surface area contributed by atoms with Crippen LogP contribution in [0.5, 0.6) is 0 Å². The zero-order valence-electron chi connectivity index (χ0n) is 17.5. The molecule has 0 aromatic heterocycles. The molecular formula is C22H36O5. The molecule has 0 spiro atoms. The lowest BCUT2D eigenvalue weighted by Crippen LogP contribution is -2.41. The van der Waals surface area contributed by atoms with Crippen LogP contribution in [-0.4, -0.2) is 41.8 Å². The number of allylic oxidation sites excluding steroid dienone is 2. The van der Waals surface area contributed by atoms with Crippen LogP contribution in [0.4, 0.5) is 0 Å². The second-order valence-electron chi connectivity index (χ2n) is 8.07. The number of carbonyl (C=O) groups is 2. The molecule has 0 saturated carbocycles. The van der Waals surface area contributed by atoms with Crippen molar-refractivity contribution < 1.29 is 24.2 Å². The van der Waals surface area contributed by atoms with E-state index in [-0.39, 0.29) is 24.3 Å². The van der Waals surface area contributed by atoms with Crippen molar-refractivity contribution in [3.05, 3.63) is 23.3 Å². The van der Waals surface area contributed by atoms with Crippen molar-refractivity contribution in [3.8, 4) is 0 Å². The lowest BCUT2D eigenvalue weighted by molar-refractivity contribution is -0.139. The monoisotopic (exact) mass is 380 g/mol. The van der Waals surface area contributed by atoms with E-state index in [1.54, 1.807) is 0 Å². The minimum absolute atomic E-state index is 0.0197. The summed E-state index contributed by atoms with van der Waals surface area (Å²) >= 11 is 0. The standard InChI is InChI=1S/C22H36O5/c1-16(2)8-10-20(24)17(3)7-6-13-22(5)21(25)11-9-19(15-27-22)12-14-26-18(4)23/h8,12,17,21,25H,6-7,9-11,13-15H2,1-5H3/t17?,21-,22?/m1/s1. The summed E-state index contributed by atoms with van der Waals surface area (Å²) in [7, 11) is 0. The number of rotatable bonds is 9. The summed E-state index contributed by atoms with van der Waals surface area (Å²) in [5, 5.41) is 10.5. The van der Waals surface area contributed by atoms with Crippen LogP contribution in [-0.2, 0) is 19.1 Å². The van der Waals surface area contributed by atoms with Crippen molar-refractivity contribution >= 4 is 11.8 Å². The summed E-state index contributed by atoms with van der Waals surface area (Å²) in [4.78, 5) is 23.0. The molecule has 27 heavy (non-hydrogen) atoms. The Morgan fingerprint density at radius 2 is 2.07 bits per heavy atom. The summed E-state index contributed by atoms with van der Waals surface area (Å²) in [6.07, 6.45) is 7.49. The molecule has 1 saturated heterocycles. The number of ketones is 1. The van der Waals surface area contributed by atoms with E-state index in [4.69, 9.17) is 9.47 Å². The number of carbonyl (C=O) groups excluding carboxylic acids is 2. The summed E-state index contributed by atoms with van der Waals surface area (Å²) in [6, 6.07) is 0. The molecule has 154 valence electrons. The van der Waals surface area contributed by atoms with Gasteiger partial charge >= 0.3 is 5.97 Å². The number of esters is 1. The van der Waals surface area contributed by atoms with Crippen molar-refractivity contribution in [2.75, 3.05) is 13.2 Å².